The molecule has 0 aliphatic carbocycles. The summed E-state index contributed by atoms with van der Waals surface area (Å²) in [6, 6.07) is 11.3. The number of benzene rings is 1. The molecule has 0 atom stereocenters. The van der Waals surface area contributed by atoms with Gasteiger partial charge in [0.25, 0.3) is 5.91 Å². The van der Waals surface area contributed by atoms with Gasteiger partial charge in [-0.05, 0) is 47.7 Å². The summed E-state index contributed by atoms with van der Waals surface area (Å²) in [7, 11) is 1.75. The zero-order valence-electron chi connectivity index (χ0n) is 15.4. The van der Waals surface area contributed by atoms with Crippen LogP contribution in [0.2, 0.25) is 0 Å². The van der Waals surface area contributed by atoms with Crippen molar-refractivity contribution in [3.05, 3.63) is 83.3 Å². The standard InChI is InChI=1S/C21H18FN3OS2/c1-4-27-21(23-3)14-6-5-13(2)16(11-14)18-7-8-19(28-18)25-20(26)15-9-10-24-12-17(15)22/h4-12H,1H2,2-3H3,(H,25,26). The van der Waals surface area contributed by atoms with Gasteiger partial charge in [-0.1, -0.05) is 30.5 Å². The third-order valence-electron chi connectivity index (χ3n) is 4.01. The SMILES string of the molecule is C=CSC(=NC)c1ccc(C)c(-c2ccc(NC(=O)c3ccncc3F)s2)c1. The minimum Gasteiger partial charge on any atom is -0.313 e. The molecule has 0 fully saturated rings. The zero-order valence-corrected chi connectivity index (χ0v) is 17.0. The first-order valence-corrected chi connectivity index (χ1v) is 10.1. The number of thioether (sulfide) groups is 1. The van der Waals surface area contributed by atoms with Crippen molar-refractivity contribution in [2.45, 2.75) is 6.92 Å². The van der Waals surface area contributed by atoms with Gasteiger partial charge in [0, 0.05) is 23.7 Å². The van der Waals surface area contributed by atoms with Crippen molar-refractivity contribution in [3.63, 3.8) is 0 Å². The Morgan fingerprint density at radius 3 is 2.86 bits per heavy atom. The Balaban J connectivity index is 1.87. The first-order valence-electron chi connectivity index (χ1n) is 8.40. The summed E-state index contributed by atoms with van der Waals surface area (Å²) < 4.78 is 13.7. The molecule has 1 amide bonds. The average Bonchev–Trinajstić information content (AvgIpc) is 3.15. The van der Waals surface area contributed by atoms with Gasteiger partial charge < -0.3 is 5.32 Å². The van der Waals surface area contributed by atoms with Crippen LogP contribution >= 0.6 is 23.1 Å². The van der Waals surface area contributed by atoms with Crippen molar-refractivity contribution in [2.75, 3.05) is 12.4 Å². The van der Waals surface area contributed by atoms with E-state index in [9.17, 15) is 9.18 Å². The third-order valence-corrected chi connectivity index (χ3v) is 5.85. The maximum absolute atomic E-state index is 13.7. The second-order valence-electron chi connectivity index (χ2n) is 5.82. The number of anilines is 1. The lowest BCUT2D eigenvalue weighted by molar-refractivity contribution is 0.102. The molecule has 0 unspecified atom stereocenters. The molecule has 2 aromatic heterocycles. The number of pyridine rings is 1. The smallest absolute Gasteiger partial charge is 0.259 e. The van der Waals surface area contributed by atoms with Crippen LogP contribution in [0.15, 0.2) is 65.8 Å². The first kappa shape index (κ1) is 20.0. The minimum absolute atomic E-state index is 0.0339. The van der Waals surface area contributed by atoms with E-state index >= 15 is 0 Å². The number of thiophene rings is 1. The van der Waals surface area contributed by atoms with E-state index in [1.54, 1.807) is 12.5 Å². The number of nitrogens with one attached hydrogen (secondary N) is 1. The van der Waals surface area contributed by atoms with E-state index < -0.39 is 11.7 Å². The fraction of sp³-hybridized carbons (Fsp3) is 0.0952. The second kappa shape index (κ2) is 8.95. The quantitative estimate of drug-likeness (QED) is 0.429. The van der Waals surface area contributed by atoms with E-state index in [-0.39, 0.29) is 5.56 Å². The molecule has 0 saturated heterocycles. The van der Waals surface area contributed by atoms with Gasteiger partial charge in [0.05, 0.1) is 16.8 Å². The molecule has 0 spiro atoms. The summed E-state index contributed by atoms with van der Waals surface area (Å²) >= 11 is 2.91. The van der Waals surface area contributed by atoms with Crippen molar-refractivity contribution >= 4 is 39.1 Å². The summed E-state index contributed by atoms with van der Waals surface area (Å²) in [5, 5.41) is 6.03. The van der Waals surface area contributed by atoms with Gasteiger partial charge in [0.2, 0.25) is 0 Å². The molecular formula is C21H18FN3OS2. The highest BCUT2D eigenvalue weighted by Crippen LogP contribution is 2.35. The molecule has 2 heterocycles. The molecular weight excluding hydrogens is 393 g/mol. The molecule has 3 rings (SSSR count). The predicted octanol–water partition coefficient (Wildman–Crippen LogP) is 5.76. The number of nitrogens with zero attached hydrogens (tertiary/aromatic N) is 2. The van der Waals surface area contributed by atoms with Crippen molar-refractivity contribution in [2.24, 2.45) is 4.99 Å². The van der Waals surface area contributed by atoms with Crippen molar-refractivity contribution < 1.29 is 9.18 Å². The maximum Gasteiger partial charge on any atom is 0.259 e. The molecule has 28 heavy (non-hydrogen) atoms. The fourth-order valence-electron chi connectivity index (χ4n) is 2.64. The molecule has 1 N–H and O–H groups in total. The van der Waals surface area contributed by atoms with Crippen molar-refractivity contribution in [1.82, 2.24) is 4.98 Å². The molecule has 142 valence electrons. The van der Waals surface area contributed by atoms with Gasteiger partial charge in [-0.15, -0.1) is 11.3 Å². The predicted molar refractivity (Wildman–Crippen MR) is 117 cm³/mol. The lowest BCUT2D eigenvalue weighted by atomic mass is 10.0. The van der Waals surface area contributed by atoms with E-state index in [1.165, 1.54) is 35.4 Å². The van der Waals surface area contributed by atoms with Gasteiger partial charge >= 0.3 is 0 Å². The van der Waals surface area contributed by atoms with Gasteiger partial charge in [-0.3, -0.25) is 14.8 Å². The van der Waals surface area contributed by atoms with E-state index in [2.05, 4.69) is 27.9 Å². The fourth-order valence-corrected chi connectivity index (χ4v) is 4.15. The molecule has 1 aromatic carbocycles. The Morgan fingerprint density at radius 2 is 2.14 bits per heavy atom. The first-order chi connectivity index (χ1) is 13.5. The monoisotopic (exact) mass is 411 g/mol. The lowest BCUT2D eigenvalue weighted by Gasteiger charge is -2.08. The largest absolute Gasteiger partial charge is 0.313 e. The Kier molecular flexibility index (Phi) is 6.38. The lowest BCUT2D eigenvalue weighted by Crippen LogP contribution is -2.12. The normalized spacial score (nSPS) is 11.3. The number of carbonyl (C=O) groups is 1. The minimum atomic E-state index is -0.647. The number of carbonyl (C=O) groups excluding carboxylic acids is 1. The van der Waals surface area contributed by atoms with Gasteiger partial charge in [-0.2, -0.15) is 0 Å². The maximum atomic E-state index is 13.7. The number of amides is 1. The number of hydrogen-bond donors (Lipinski definition) is 1. The van der Waals surface area contributed by atoms with E-state index in [4.69, 9.17) is 0 Å². The molecule has 0 bridgehead atoms. The number of aliphatic imine (C=N–C) groups is 1. The van der Waals surface area contributed by atoms with Crippen LogP contribution in [0.25, 0.3) is 10.4 Å². The van der Waals surface area contributed by atoms with Crippen LogP contribution in [-0.4, -0.2) is 23.0 Å². The zero-order chi connectivity index (χ0) is 20.1. The molecule has 7 heteroatoms. The van der Waals surface area contributed by atoms with Crippen LogP contribution in [0.5, 0.6) is 0 Å². The summed E-state index contributed by atoms with van der Waals surface area (Å²) in [6.45, 7) is 5.78. The number of aryl methyl sites for hydroxylation is 1. The Labute approximate surface area is 171 Å². The molecule has 4 nitrogen and oxygen atoms in total. The number of aromatic nitrogens is 1. The summed E-state index contributed by atoms with van der Waals surface area (Å²) in [5.41, 5.74) is 3.14. The van der Waals surface area contributed by atoms with Crippen molar-refractivity contribution in [1.29, 1.82) is 0 Å². The van der Waals surface area contributed by atoms with Crippen LogP contribution in [0.3, 0.4) is 0 Å². The highest BCUT2D eigenvalue weighted by molar-refractivity contribution is 8.16. The third kappa shape index (κ3) is 4.37. The average molecular weight is 412 g/mol. The van der Waals surface area contributed by atoms with Crippen LogP contribution in [0.1, 0.15) is 21.5 Å². The van der Waals surface area contributed by atoms with E-state index in [1.807, 2.05) is 31.2 Å². The van der Waals surface area contributed by atoms with E-state index in [0.29, 0.717) is 5.00 Å². The molecule has 0 aliphatic rings. The van der Waals surface area contributed by atoms with Crippen LogP contribution in [0, 0.1) is 12.7 Å². The summed E-state index contributed by atoms with van der Waals surface area (Å²) in [5.74, 6) is -1.15. The molecule has 0 radical (unpaired) electrons. The van der Waals surface area contributed by atoms with Crippen LogP contribution in [0.4, 0.5) is 9.39 Å². The van der Waals surface area contributed by atoms with Crippen LogP contribution < -0.4 is 5.32 Å². The molecule has 0 aliphatic heterocycles. The highest BCUT2D eigenvalue weighted by Gasteiger charge is 2.14. The number of hydrogen-bond acceptors (Lipinski definition) is 5. The van der Waals surface area contributed by atoms with Gasteiger partial charge in [0.15, 0.2) is 5.82 Å². The second-order valence-corrected chi connectivity index (χ2v) is 7.86. The Morgan fingerprint density at radius 1 is 1.32 bits per heavy atom. The molecule has 3 aromatic rings. The van der Waals surface area contributed by atoms with Crippen LogP contribution in [-0.2, 0) is 0 Å². The number of rotatable bonds is 5. The summed E-state index contributed by atoms with van der Waals surface area (Å²) in [6.07, 6.45) is 2.42. The number of halogens is 1. The van der Waals surface area contributed by atoms with Gasteiger partial charge in [-0.25, -0.2) is 4.39 Å². The Hall–Kier alpha value is -2.77. The topological polar surface area (TPSA) is 54.4 Å². The highest BCUT2D eigenvalue weighted by atomic mass is 32.2. The molecule has 0 saturated carbocycles. The Bertz CT molecular complexity index is 1060. The van der Waals surface area contributed by atoms with E-state index in [0.717, 1.165) is 32.8 Å². The van der Waals surface area contributed by atoms with Gasteiger partial charge in [0.1, 0.15) is 5.04 Å². The van der Waals surface area contributed by atoms with Crippen molar-refractivity contribution in [3.8, 4) is 10.4 Å². The summed E-state index contributed by atoms with van der Waals surface area (Å²) in [4.78, 5) is 21.3.